The smallest absolute Gasteiger partial charge is 0.326 e. The molecule has 0 spiro atoms. The molecule has 0 N–H and O–H groups in total. The summed E-state index contributed by atoms with van der Waals surface area (Å²) in [4.78, 5) is 21.2. The van der Waals surface area contributed by atoms with Gasteiger partial charge in [-0.1, -0.05) is 42.5 Å². The molecule has 28 heavy (non-hydrogen) atoms. The monoisotopic (exact) mass is 393 g/mol. The second-order valence-electron chi connectivity index (χ2n) is 6.18. The first-order chi connectivity index (χ1) is 13.7. The first kappa shape index (κ1) is 18.3. The lowest BCUT2D eigenvalue weighted by molar-refractivity contribution is -0.146. The van der Waals surface area contributed by atoms with E-state index in [1.54, 1.807) is 18.0 Å². The van der Waals surface area contributed by atoms with Gasteiger partial charge in [-0.05, 0) is 18.4 Å². The summed E-state index contributed by atoms with van der Waals surface area (Å²) in [5.74, 6) is 2.24. The molecule has 6 nitrogen and oxygen atoms in total. The summed E-state index contributed by atoms with van der Waals surface area (Å²) in [6, 6.07) is 17.5. The molecule has 0 bridgehead atoms. The van der Waals surface area contributed by atoms with E-state index in [2.05, 4.69) is 9.97 Å². The number of thioether (sulfide) groups is 1. The highest BCUT2D eigenvalue weighted by Crippen LogP contribution is 2.21. The molecule has 4 rings (SSSR count). The second kappa shape index (κ2) is 8.31. The Kier molecular flexibility index (Phi) is 5.43. The predicted molar refractivity (Wildman–Crippen MR) is 109 cm³/mol. The van der Waals surface area contributed by atoms with Gasteiger partial charge in [0.2, 0.25) is 5.89 Å². The first-order valence-electron chi connectivity index (χ1n) is 8.83. The average Bonchev–Trinajstić information content (AvgIpc) is 3.33. The molecule has 0 aliphatic heterocycles. The van der Waals surface area contributed by atoms with E-state index in [1.165, 1.54) is 0 Å². The fourth-order valence-corrected chi connectivity index (χ4v) is 3.45. The van der Waals surface area contributed by atoms with Crippen molar-refractivity contribution in [1.82, 2.24) is 14.5 Å². The van der Waals surface area contributed by atoms with Crippen molar-refractivity contribution in [3.05, 3.63) is 72.5 Å². The molecule has 2 heterocycles. The zero-order valence-electron chi connectivity index (χ0n) is 15.4. The average molecular weight is 393 g/mol. The van der Waals surface area contributed by atoms with Crippen LogP contribution in [0.25, 0.3) is 22.4 Å². The van der Waals surface area contributed by atoms with E-state index in [9.17, 15) is 4.79 Å². The van der Waals surface area contributed by atoms with E-state index in [0.29, 0.717) is 11.7 Å². The fraction of sp³-hybridized carbons (Fsp3) is 0.190. The fourth-order valence-electron chi connectivity index (χ4n) is 2.97. The summed E-state index contributed by atoms with van der Waals surface area (Å²) in [6.07, 6.45) is 3.65. The number of carbonyl (C=O) groups is 1. The minimum absolute atomic E-state index is 0.00381. The number of hydrogen-bond donors (Lipinski definition) is 0. The molecule has 0 amide bonds. The van der Waals surface area contributed by atoms with Crippen LogP contribution in [0.5, 0.6) is 0 Å². The Balaban J connectivity index is 1.43. The van der Waals surface area contributed by atoms with Gasteiger partial charge in [0.05, 0.1) is 23.0 Å². The van der Waals surface area contributed by atoms with Crippen LogP contribution in [0.1, 0.15) is 11.7 Å². The number of hydrogen-bond acceptors (Lipinski definition) is 6. The Morgan fingerprint density at radius 1 is 1.14 bits per heavy atom. The number of aromatic nitrogens is 3. The standard InChI is InChI=1S/C21H19N3O3S/c1-28-14-19-23-16-9-5-6-10-17(16)24(19)12-21(25)26-13-20-22-11-18(27-20)15-7-3-2-4-8-15/h2-11H,12-14H2,1H3. The molecule has 0 saturated carbocycles. The first-order valence-corrected chi connectivity index (χ1v) is 10.2. The van der Waals surface area contributed by atoms with E-state index in [-0.39, 0.29) is 19.1 Å². The number of oxazole rings is 1. The van der Waals surface area contributed by atoms with Crippen LogP contribution < -0.4 is 0 Å². The summed E-state index contributed by atoms with van der Waals surface area (Å²) in [5.41, 5.74) is 2.73. The quantitative estimate of drug-likeness (QED) is 0.436. The van der Waals surface area contributed by atoms with E-state index < -0.39 is 0 Å². The Hall–Kier alpha value is -3.06. The number of ether oxygens (including phenoxy) is 1. The van der Waals surface area contributed by atoms with Gasteiger partial charge in [-0.3, -0.25) is 4.79 Å². The highest BCUT2D eigenvalue weighted by atomic mass is 32.2. The minimum atomic E-state index is -0.357. The zero-order valence-corrected chi connectivity index (χ0v) is 16.2. The van der Waals surface area contributed by atoms with Crippen LogP contribution in [0.4, 0.5) is 0 Å². The SMILES string of the molecule is CSCc1nc2ccccc2n1CC(=O)OCc1ncc(-c2ccccc2)o1. The lowest BCUT2D eigenvalue weighted by Crippen LogP contribution is -2.15. The van der Waals surface area contributed by atoms with E-state index >= 15 is 0 Å². The zero-order chi connectivity index (χ0) is 19.3. The maximum atomic E-state index is 12.4. The van der Waals surface area contributed by atoms with Gasteiger partial charge in [0.25, 0.3) is 0 Å². The molecule has 0 saturated heterocycles. The molecule has 142 valence electrons. The van der Waals surface area contributed by atoms with Gasteiger partial charge in [0.15, 0.2) is 12.4 Å². The molecule has 0 fully saturated rings. The molecular weight excluding hydrogens is 374 g/mol. The van der Waals surface area contributed by atoms with Crippen LogP contribution in [0, 0.1) is 0 Å². The van der Waals surface area contributed by atoms with Crippen LogP contribution >= 0.6 is 11.8 Å². The molecule has 4 aromatic rings. The van der Waals surface area contributed by atoms with Crippen LogP contribution in [0.3, 0.4) is 0 Å². The van der Waals surface area contributed by atoms with Crippen LogP contribution in [-0.2, 0) is 28.4 Å². The summed E-state index contributed by atoms with van der Waals surface area (Å²) in [6.45, 7) is 0.0960. The molecule has 0 atom stereocenters. The Morgan fingerprint density at radius 3 is 2.75 bits per heavy atom. The molecule has 0 aliphatic rings. The van der Waals surface area contributed by atoms with Crippen molar-refractivity contribution in [2.75, 3.05) is 6.26 Å². The van der Waals surface area contributed by atoms with Gasteiger partial charge in [0, 0.05) is 5.56 Å². The molecule has 2 aromatic carbocycles. The summed E-state index contributed by atoms with van der Waals surface area (Å²) in [7, 11) is 0. The maximum Gasteiger partial charge on any atom is 0.326 e. The predicted octanol–water partition coefficient (Wildman–Crippen LogP) is 4.30. The third-order valence-corrected chi connectivity index (χ3v) is 4.81. The Morgan fingerprint density at radius 2 is 1.93 bits per heavy atom. The van der Waals surface area contributed by atoms with Crippen molar-refractivity contribution in [3.8, 4) is 11.3 Å². The van der Waals surface area contributed by atoms with Crippen molar-refractivity contribution in [2.24, 2.45) is 0 Å². The molecular formula is C21H19N3O3S. The Bertz CT molecular complexity index is 1090. The van der Waals surface area contributed by atoms with Crippen molar-refractivity contribution >= 4 is 28.8 Å². The summed E-state index contributed by atoms with van der Waals surface area (Å²) >= 11 is 1.66. The van der Waals surface area contributed by atoms with Gasteiger partial charge in [-0.15, -0.1) is 0 Å². The van der Waals surface area contributed by atoms with Crippen LogP contribution in [0.2, 0.25) is 0 Å². The molecule has 0 aliphatic carbocycles. The Labute approximate surface area is 166 Å². The topological polar surface area (TPSA) is 70.2 Å². The van der Waals surface area contributed by atoms with Gasteiger partial charge in [-0.2, -0.15) is 11.8 Å². The molecule has 7 heteroatoms. The van der Waals surface area contributed by atoms with Crippen LogP contribution in [-0.4, -0.2) is 26.8 Å². The number of nitrogens with zero attached hydrogens (tertiary/aromatic N) is 3. The molecule has 2 aromatic heterocycles. The number of imidazole rings is 1. The minimum Gasteiger partial charge on any atom is -0.454 e. The van der Waals surface area contributed by atoms with Gasteiger partial charge in [-0.25, -0.2) is 9.97 Å². The number of para-hydroxylation sites is 2. The third kappa shape index (κ3) is 3.94. The second-order valence-corrected chi connectivity index (χ2v) is 7.05. The largest absolute Gasteiger partial charge is 0.454 e. The summed E-state index contributed by atoms with van der Waals surface area (Å²) < 4.78 is 13.0. The normalized spacial score (nSPS) is 11.0. The van der Waals surface area contributed by atoms with Crippen molar-refractivity contribution in [2.45, 2.75) is 18.9 Å². The number of fused-ring (bicyclic) bond motifs is 1. The number of carbonyl (C=O) groups excluding carboxylic acids is 1. The van der Waals surface area contributed by atoms with E-state index in [0.717, 1.165) is 28.2 Å². The lowest BCUT2D eigenvalue weighted by atomic mass is 10.2. The van der Waals surface area contributed by atoms with Gasteiger partial charge >= 0.3 is 5.97 Å². The third-order valence-electron chi connectivity index (χ3n) is 4.26. The van der Waals surface area contributed by atoms with Gasteiger partial charge < -0.3 is 13.7 Å². The van der Waals surface area contributed by atoms with E-state index in [4.69, 9.17) is 9.15 Å². The number of rotatable bonds is 7. The van der Waals surface area contributed by atoms with Crippen molar-refractivity contribution < 1.29 is 13.9 Å². The number of esters is 1. The van der Waals surface area contributed by atoms with Crippen molar-refractivity contribution in [1.29, 1.82) is 0 Å². The summed E-state index contributed by atoms with van der Waals surface area (Å²) in [5, 5.41) is 0. The maximum absolute atomic E-state index is 12.4. The van der Waals surface area contributed by atoms with Crippen LogP contribution in [0.15, 0.2) is 65.2 Å². The molecule has 0 radical (unpaired) electrons. The highest BCUT2D eigenvalue weighted by molar-refractivity contribution is 7.97. The van der Waals surface area contributed by atoms with Gasteiger partial charge in [0.1, 0.15) is 12.4 Å². The lowest BCUT2D eigenvalue weighted by Gasteiger charge is -2.08. The highest BCUT2D eigenvalue weighted by Gasteiger charge is 2.15. The van der Waals surface area contributed by atoms with E-state index in [1.807, 2.05) is 65.4 Å². The molecule has 0 unspecified atom stereocenters. The van der Waals surface area contributed by atoms with Crippen molar-refractivity contribution in [3.63, 3.8) is 0 Å². The number of benzene rings is 2.